The van der Waals surface area contributed by atoms with Crippen molar-refractivity contribution < 1.29 is 35.5 Å². The number of hydrogen-bond donors (Lipinski definition) is 1. The molecule has 0 unspecified atom stereocenters. The van der Waals surface area contributed by atoms with E-state index in [4.69, 9.17) is 4.74 Å². The minimum absolute atomic E-state index is 0.00198. The third-order valence-electron chi connectivity index (χ3n) is 5.79. The quantitative estimate of drug-likeness (QED) is 0.642. The monoisotopic (exact) mass is 473 g/mol. The molecule has 7 nitrogen and oxygen atoms in total. The molecule has 12 heteroatoms. The van der Waals surface area contributed by atoms with Crippen molar-refractivity contribution in [3.63, 3.8) is 0 Å². The van der Waals surface area contributed by atoms with Crippen LogP contribution in [0.4, 0.5) is 23.2 Å². The van der Waals surface area contributed by atoms with Crippen molar-refractivity contribution in [3.05, 3.63) is 41.1 Å². The van der Waals surface area contributed by atoms with Gasteiger partial charge in [0, 0.05) is 17.4 Å². The number of nitrogens with one attached hydrogen (secondary N) is 1. The highest BCUT2D eigenvalue weighted by atomic mass is 32.2. The molecule has 3 saturated carbocycles. The van der Waals surface area contributed by atoms with Crippen molar-refractivity contribution in [1.82, 2.24) is 10.2 Å². The number of carbonyl (C=O) groups excluding carboxylic acids is 1. The summed E-state index contributed by atoms with van der Waals surface area (Å²) in [7, 11) is -3.57. The van der Waals surface area contributed by atoms with Gasteiger partial charge >= 0.3 is 6.18 Å². The maximum Gasteiger partial charge on any atom is 0.435 e. The third kappa shape index (κ3) is 4.03. The fourth-order valence-electron chi connectivity index (χ4n) is 4.37. The second-order valence-corrected chi connectivity index (χ2v) is 10.6. The van der Waals surface area contributed by atoms with Crippen LogP contribution in [0.2, 0.25) is 0 Å². The van der Waals surface area contributed by atoms with E-state index in [1.54, 1.807) is 0 Å². The van der Waals surface area contributed by atoms with Crippen LogP contribution in [0.3, 0.4) is 0 Å². The van der Waals surface area contributed by atoms with E-state index >= 15 is 0 Å². The van der Waals surface area contributed by atoms with Crippen molar-refractivity contribution in [3.8, 4) is 5.88 Å². The van der Waals surface area contributed by atoms with Gasteiger partial charge in [-0.2, -0.15) is 13.2 Å². The molecule has 0 spiro atoms. The van der Waals surface area contributed by atoms with Crippen LogP contribution in [0.1, 0.15) is 40.9 Å². The lowest BCUT2D eigenvalue weighted by molar-refractivity contribution is -0.226. The Hall–Kier alpha value is -2.76. The average Bonchev–Trinajstić information content (AvgIpc) is 2.61. The molecule has 0 saturated heterocycles. The third-order valence-corrected chi connectivity index (χ3v) is 6.90. The number of anilines is 1. The molecular formula is C20H19F4N3O4S. The van der Waals surface area contributed by atoms with Gasteiger partial charge in [-0.25, -0.2) is 12.8 Å². The average molecular weight is 473 g/mol. The van der Waals surface area contributed by atoms with E-state index in [2.05, 4.69) is 15.5 Å². The molecule has 3 aliphatic carbocycles. The molecule has 1 aromatic heterocycles. The second-order valence-electron chi connectivity index (χ2n) is 8.58. The van der Waals surface area contributed by atoms with Gasteiger partial charge in [0.05, 0.1) is 11.5 Å². The normalized spacial score (nSPS) is 24.3. The van der Waals surface area contributed by atoms with Crippen LogP contribution in [0.25, 0.3) is 0 Å². The van der Waals surface area contributed by atoms with Crippen molar-refractivity contribution in [2.24, 2.45) is 5.41 Å². The number of hydrogen-bond acceptors (Lipinski definition) is 6. The number of ether oxygens (including phenoxy) is 1. The van der Waals surface area contributed by atoms with Crippen molar-refractivity contribution in [1.29, 1.82) is 0 Å². The predicted octanol–water partition coefficient (Wildman–Crippen LogP) is 3.73. The Balaban J connectivity index is 1.64. The van der Waals surface area contributed by atoms with E-state index in [1.165, 1.54) is 24.3 Å². The zero-order valence-corrected chi connectivity index (χ0v) is 17.9. The summed E-state index contributed by atoms with van der Waals surface area (Å²) in [6.45, 7) is 1.08. The molecule has 1 N–H and O–H groups in total. The first-order valence-electron chi connectivity index (χ1n) is 9.59. The minimum atomic E-state index is -4.85. The molecule has 5 rings (SSSR count). The number of nitrogens with zero attached hydrogens (tertiary/aromatic N) is 2. The van der Waals surface area contributed by atoms with Crippen LogP contribution in [0, 0.1) is 12.3 Å². The lowest BCUT2D eigenvalue weighted by atomic mass is 9.43. The van der Waals surface area contributed by atoms with Crippen LogP contribution >= 0.6 is 0 Å². The minimum Gasteiger partial charge on any atom is -0.475 e. The number of alkyl halides is 4. The topological polar surface area (TPSA) is 98.2 Å². The molecule has 1 aromatic carbocycles. The van der Waals surface area contributed by atoms with Gasteiger partial charge in [-0.15, -0.1) is 10.2 Å². The highest BCUT2D eigenvalue weighted by molar-refractivity contribution is 7.90. The zero-order valence-electron chi connectivity index (χ0n) is 17.1. The number of benzene rings is 1. The summed E-state index contributed by atoms with van der Waals surface area (Å²) in [6, 6.07) is 5.29. The summed E-state index contributed by atoms with van der Waals surface area (Å²) in [5.41, 5.74) is -3.82. The van der Waals surface area contributed by atoms with E-state index < -0.39 is 55.7 Å². The van der Waals surface area contributed by atoms with Gasteiger partial charge in [-0.05, 0) is 49.9 Å². The Labute approximate surface area is 181 Å². The van der Waals surface area contributed by atoms with Gasteiger partial charge < -0.3 is 10.1 Å². The molecular weight excluding hydrogens is 454 g/mol. The molecule has 0 aliphatic heterocycles. The van der Waals surface area contributed by atoms with Gasteiger partial charge in [0.1, 0.15) is 11.2 Å². The highest BCUT2D eigenvalue weighted by Crippen LogP contribution is 2.69. The smallest absolute Gasteiger partial charge is 0.435 e. The van der Waals surface area contributed by atoms with Gasteiger partial charge in [0.25, 0.3) is 5.91 Å². The Kier molecular flexibility index (Phi) is 4.99. The summed E-state index contributed by atoms with van der Waals surface area (Å²) in [4.78, 5) is 12.9. The molecule has 2 bridgehead atoms. The Morgan fingerprint density at radius 2 is 1.88 bits per heavy atom. The number of amides is 1. The zero-order chi connectivity index (χ0) is 23.5. The summed E-state index contributed by atoms with van der Waals surface area (Å²) >= 11 is 0. The SMILES string of the molecule is Cc1c(C(F)(F)F)nnc(OCC23CC(F)(C2)C3)c1C(=O)Nc1cccc(S(C)(=O)=O)c1. The fourth-order valence-corrected chi connectivity index (χ4v) is 5.04. The van der Waals surface area contributed by atoms with E-state index in [-0.39, 0.29) is 17.2 Å². The number of carbonyl (C=O) groups is 1. The van der Waals surface area contributed by atoms with Gasteiger partial charge in [0.15, 0.2) is 15.5 Å². The summed E-state index contributed by atoms with van der Waals surface area (Å²) < 4.78 is 82.8. The molecule has 1 heterocycles. The van der Waals surface area contributed by atoms with Gasteiger partial charge in [-0.1, -0.05) is 6.07 Å². The van der Waals surface area contributed by atoms with Gasteiger partial charge in [-0.3, -0.25) is 4.79 Å². The Morgan fingerprint density at radius 3 is 2.44 bits per heavy atom. The number of halogens is 4. The van der Waals surface area contributed by atoms with Crippen molar-refractivity contribution in [2.45, 2.75) is 42.9 Å². The lowest BCUT2D eigenvalue weighted by Gasteiger charge is -2.65. The summed E-state index contributed by atoms with van der Waals surface area (Å²) in [6.07, 6.45) is -2.97. The first-order chi connectivity index (χ1) is 14.7. The maximum atomic E-state index is 13.7. The highest BCUT2D eigenvalue weighted by Gasteiger charge is 2.69. The summed E-state index contributed by atoms with van der Waals surface area (Å²) in [5, 5.41) is 9.06. The first-order valence-corrected chi connectivity index (χ1v) is 11.5. The largest absolute Gasteiger partial charge is 0.475 e. The Morgan fingerprint density at radius 1 is 1.22 bits per heavy atom. The standard InChI is InChI=1S/C20H19F4N3O4S/c1-11-14(16(28)25-12-4-3-5-13(6-12)32(2,29)30)17(27-26-15(11)20(22,23)24)31-10-18-7-19(21,8-18)9-18/h3-6H,7-10H2,1-2H3,(H,25,28). The molecule has 2 aromatic rings. The van der Waals surface area contributed by atoms with E-state index in [1.807, 2.05) is 0 Å². The van der Waals surface area contributed by atoms with Crippen LogP contribution in [0.15, 0.2) is 29.2 Å². The molecule has 3 aliphatic rings. The molecule has 3 fully saturated rings. The fraction of sp³-hybridized carbons (Fsp3) is 0.450. The summed E-state index contributed by atoms with van der Waals surface area (Å²) in [5.74, 6) is -1.37. The predicted molar refractivity (Wildman–Crippen MR) is 105 cm³/mol. The first kappa shape index (κ1) is 22.4. The molecule has 1 amide bonds. The van der Waals surface area contributed by atoms with E-state index in [9.17, 15) is 30.8 Å². The number of rotatable bonds is 6. The molecule has 32 heavy (non-hydrogen) atoms. The van der Waals surface area contributed by atoms with Crippen molar-refractivity contribution in [2.75, 3.05) is 18.2 Å². The van der Waals surface area contributed by atoms with E-state index in [0.717, 1.165) is 13.2 Å². The van der Waals surface area contributed by atoms with Crippen LogP contribution in [-0.4, -0.2) is 43.1 Å². The lowest BCUT2D eigenvalue weighted by Crippen LogP contribution is -2.66. The molecule has 172 valence electrons. The van der Waals surface area contributed by atoms with Crippen molar-refractivity contribution >= 4 is 21.4 Å². The number of aromatic nitrogens is 2. The molecule has 0 radical (unpaired) electrons. The van der Waals surface area contributed by atoms with Crippen LogP contribution < -0.4 is 10.1 Å². The van der Waals surface area contributed by atoms with E-state index in [0.29, 0.717) is 19.3 Å². The number of sulfone groups is 1. The van der Waals surface area contributed by atoms with Crippen LogP contribution in [0.5, 0.6) is 5.88 Å². The van der Waals surface area contributed by atoms with Gasteiger partial charge in [0.2, 0.25) is 5.88 Å². The Bertz CT molecular complexity index is 1190. The maximum absolute atomic E-state index is 13.7. The van der Waals surface area contributed by atoms with Crippen LogP contribution in [-0.2, 0) is 16.0 Å². The molecule has 0 atom stereocenters. The second kappa shape index (κ2) is 7.12.